The van der Waals surface area contributed by atoms with Crippen molar-refractivity contribution in [2.45, 2.75) is 52.0 Å². The molecule has 2 aliphatic rings. The number of nitrogens with one attached hydrogen (secondary N) is 1. The Hall–Kier alpha value is -3.34. The zero-order valence-electron chi connectivity index (χ0n) is 24.4. The van der Waals surface area contributed by atoms with Gasteiger partial charge in [0.05, 0.1) is 39.1 Å². The van der Waals surface area contributed by atoms with E-state index in [1.54, 1.807) is 18.1 Å². The molecule has 0 atom stereocenters. The lowest BCUT2D eigenvalue weighted by Gasteiger charge is -2.36. The third-order valence-corrected chi connectivity index (χ3v) is 7.76. The number of methoxy groups -OCH3 is 3. The highest BCUT2D eigenvalue weighted by molar-refractivity contribution is 8.93. The first-order valence-electron chi connectivity index (χ1n) is 13.4. The number of carboxylic acid groups (broad SMARTS) is 1. The second-order valence-corrected chi connectivity index (χ2v) is 11.4. The number of fused-ring (bicyclic) bond motifs is 1. The Morgan fingerprint density at radius 2 is 1.68 bits per heavy atom. The van der Waals surface area contributed by atoms with E-state index in [2.05, 4.69) is 25.7 Å². The van der Waals surface area contributed by atoms with Crippen LogP contribution in [0.4, 0.5) is 10.1 Å². The minimum Gasteiger partial charge on any atom is -0.494 e. The monoisotopic (exact) mass is 635 g/mol. The van der Waals surface area contributed by atoms with E-state index in [9.17, 15) is 14.7 Å². The SMILES string of the molecule is Br.COc1cc2c(c(F)c1OC)C(=N)N(CC(=O)c1cc(N3CCC(CC(=O)O)CC3)c(OC)c(C(C)(C)C)c1)C2. The van der Waals surface area contributed by atoms with Gasteiger partial charge < -0.3 is 29.1 Å². The van der Waals surface area contributed by atoms with Gasteiger partial charge in [-0.2, -0.15) is 0 Å². The van der Waals surface area contributed by atoms with E-state index < -0.39 is 11.8 Å². The van der Waals surface area contributed by atoms with Gasteiger partial charge >= 0.3 is 5.97 Å². The van der Waals surface area contributed by atoms with Gasteiger partial charge in [-0.25, -0.2) is 4.39 Å². The molecule has 0 radical (unpaired) electrons. The fourth-order valence-corrected chi connectivity index (χ4v) is 5.63. The number of nitrogens with zero attached hydrogens (tertiary/aromatic N) is 2. The number of hydrogen-bond donors (Lipinski definition) is 2. The Morgan fingerprint density at radius 3 is 2.22 bits per heavy atom. The van der Waals surface area contributed by atoms with Gasteiger partial charge in [-0.05, 0) is 47.9 Å². The molecule has 2 aromatic carbocycles. The number of carboxylic acids is 1. The van der Waals surface area contributed by atoms with Crippen LogP contribution in [0.25, 0.3) is 0 Å². The lowest BCUT2D eigenvalue weighted by molar-refractivity contribution is -0.138. The van der Waals surface area contributed by atoms with Crippen LogP contribution < -0.4 is 19.1 Å². The third-order valence-electron chi connectivity index (χ3n) is 7.76. The summed E-state index contributed by atoms with van der Waals surface area (Å²) in [5.74, 6) is -0.758. The molecule has 0 bridgehead atoms. The summed E-state index contributed by atoms with van der Waals surface area (Å²) in [7, 11) is 4.39. The Kier molecular flexibility index (Phi) is 9.94. The van der Waals surface area contributed by atoms with Crippen LogP contribution >= 0.6 is 17.0 Å². The fraction of sp³-hybridized carbons (Fsp3) is 0.500. The lowest BCUT2D eigenvalue weighted by Crippen LogP contribution is -2.35. The maximum absolute atomic E-state index is 15.2. The number of ether oxygens (including phenoxy) is 3. The molecule has 2 N–H and O–H groups in total. The van der Waals surface area contributed by atoms with Gasteiger partial charge in [0, 0.05) is 37.2 Å². The second kappa shape index (κ2) is 12.7. The van der Waals surface area contributed by atoms with E-state index in [0.29, 0.717) is 30.0 Å². The number of aliphatic carboxylic acids is 1. The molecular formula is C30H39BrFN3O6. The van der Waals surface area contributed by atoms with Gasteiger partial charge in [-0.3, -0.25) is 15.0 Å². The van der Waals surface area contributed by atoms with Crippen molar-refractivity contribution in [3.63, 3.8) is 0 Å². The average Bonchev–Trinajstić information content (AvgIpc) is 3.21. The number of carbonyl (C=O) groups excluding carboxylic acids is 1. The van der Waals surface area contributed by atoms with Gasteiger partial charge in [-0.15, -0.1) is 17.0 Å². The summed E-state index contributed by atoms with van der Waals surface area (Å²) >= 11 is 0. The number of piperidine rings is 1. The minimum atomic E-state index is -0.787. The van der Waals surface area contributed by atoms with Crippen molar-refractivity contribution in [3.05, 3.63) is 46.3 Å². The molecule has 2 aromatic rings. The van der Waals surface area contributed by atoms with Crippen LogP contribution in [0.15, 0.2) is 18.2 Å². The minimum absolute atomic E-state index is 0. The second-order valence-electron chi connectivity index (χ2n) is 11.4. The molecule has 224 valence electrons. The molecular weight excluding hydrogens is 597 g/mol. The molecule has 2 heterocycles. The Bertz CT molecular complexity index is 1330. The van der Waals surface area contributed by atoms with E-state index in [-0.39, 0.29) is 76.5 Å². The number of carbonyl (C=O) groups is 2. The van der Waals surface area contributed by atoms with E-state index in [0.717, 1.165) is 24.1 Å². The van der Waals surface area contributed by atoms with Crippen molar-refractivity contribution in [1.82, 2.24) is 4.90 Å². The number of Topliss-reactive ketones (excluding diaryl/α,β-unsaturated/α-hetero) is 1. The molecule has 0 aliphatic carbocycles. The maximum Gasteiger partial charge on any atom is 0.303 e. The Balaban J connectivity index is 0.00000462. The molecule has 2 aliphatic heterocycles. The Morgan fingerprint density at radius 1 is 1.05 bits per heavy atom. The first-order valence-corrected chi connectivity index (χ1v) is 13.4. The molecule has 4 rings (SSSR count). The van der Waals surface area contributed by atoms with E-state index in [1.807, 2.05) is 12.1 Å². The standard InChI is InChI=1S/C30H38FN3O6.BrH/c1-30(2,3)20-12-18(13-21(27(20)39-5)33-9-7-17(8-10-33)11-24(36)37)22(35)16-34-15-19-14-23(38-4)28(40-6)26(31)25(19)29(34)32;/h12-14,17,32H,7-11,15-16H2,1-6H3,(H,36,37);1H. The number of rotatable bonds is 9. The number of anilines is 1. The summed E-state index contributed by atoms with van der Waals surface area (Å²) in [5, 5.41) is 17.8. The van der Waals surface area contributed by atoms with Crippen molar-refractivity contribution in [2.24, 2.45) is 5.92 Å². The summed E-state index contributed by atoms with van der Waals surface area (Å²) in [4.78, 5) is 28.6. The van der Waals surface area contributed by atoms with Crippen LogP contribution in [-0.2, 0) is 16.8 Å². The van der Waals surface area contributed by atoms with Crippen molar-refractivity contribution in [1.29, 1.82) is 5.41 Å². The average molecular weight is 637 g/mol. The molecule has 1 fully saturated rings. The fourth-order valence-electron chi connectivity index (χ4n) is 5.63. The molecule has 0 spiro atoms. The molecule has 0 saturated carbocycles. The number of amidine groups is 1. The van der Waals surface area contributed by atoms with Gasteiger partial charge in [0.2, 0.25) is 0 Å². The maximum atomic E-state index is 15.2. The molecule has 41 heavy (non-hydrogen) atoms. The quantitative estimate of drug-likeness (QED) is 0.350. The van der Waals surface area contributed by atoms with Crippen LogP contribution in [-0.4, -0.2) is 68.6 Å². The molecule has 1 saturated heterocycles. The van der Waals surface area contributed by atoms with Crippen molar-refractivity contribution < 1.29 is 33.3 Å². The first-order chi connectivity index (χ1) is 18.9. The highest BCUT2D eigenvalue weighted by Gasteiger charge is 2.34. The molecule has 0 unspecified atom stereocenters. The van der Waals surface area contributed by atoms with Crippen LogP contribution in [0.5, 0.6) is 17.2 Å². The Labute approximate surface area is 250 Å². The molecule has 9 nitrogen and oxygen atoms in total. The number of benzene rings is 2. The molecule has 11 heteroatoms. The number of hydrogen-bond acceptors (Lipinski definition) is 7. The largest absolute Gasteiger partial charge is 0.494 e. The summed E-state index contributed by atoms with van der Waals surface area (Å²) < 4.78 is 31.5. The molecule has 0 amide bonds. The predicted octanol–water partition coefficient (Wildman–Crippen LogP) is 5.44. The highest BCUT2D eigenvalue weighted by atomic mass is 79.9. The zero-order valence-corrected chi connectivity index (χ0v) is 26.1. The van der Waals surface area contributed by atoms with Gasteiger partial charge in [0.25, 0.3) is 0 Å². The van der Waals surface area contributed by atoms with Crippen molar-refractivity contribution in [2.75, 3.05) is 45.9 Å². The summed E-state index contributed by atoms with van der Waals surface area (Å²) in [6.07, 6.45) is 1.62. The normalized spacial score (nSPS) is 15.3. The van der Waals surface area contributed by atoms with Crippen LogP contribution in [0.3, 0.4) is 0 Å². The smallest absolute Gasteiger partial charge is 0.303 e. The number of halogens is 2. The van der Waals surface area contributed by atoms with Crippen LogP contribution in [0.1, 0.15) is 67.1 Å². The van der Waals surface area contributed by atoms with Crippen LogP contribution in [0, 0.1) is 17.1 Å². The van der Waals surface area contributed by atoms with Gasteiger partial charge in [0.15, 0.2) is 23.1 Å². The molecule has 0 aromatic heterocycles. The van der Waals surface area contributed by atoms with Crippen LogP contribution in [0.2, 0.25) is 0 Å². The summed E-state index contributed by atoms with van der Waals surface area (Å²) in [6.45, 7) is 7.57. The summed E-state index contributed by atoms with van der Waals surface area (Å²) in [5.41, 5.74) is 2.50. The number of ketones is 1. The third kappa shape index (κ3) is 6.45. The highest BCUT2D eigenvalue weighted by Crippen LogP contribution is 2.42. The topological polar surface area (TPSA) is 112 Å². The van der Waals surface area contributed by atoms with E-state index in [4.69, 9.17) is 19.6 Å². The van der Waals surface area contributed by atoms with Gasteiger partial charge in [0.1, 0.15) is 11.6 Å². The van der Waals surface area contributed by atoms with E-state index in [1.165, 1.54) is 14.2 Å². The first kappa shape index (κ1) is 32.2. The lowest BCUT2D eigenvalue weighted by atomic mass is 9.83. The van der Waals surface area contributed by atoms with Gasteiger partial charge in [-0.1, -0.05) is 20.8 Å². The predicted molar refractivity (Wildman–Crippen MR) is 160 cm³/mol. The summed E-state index contributed by atoms with van der Waals surface area (Å²) in [6, 6.07) is 5.32. The van der Waals surface area contributed by atoms with Crippen molar-refractivity contribution in [3.8, 4) is 17.2 Å². The van der Waals surface area contributed by atoms with E-state index >= 15 is 4.39 Å². The van der Waals surface area contributed by atoms with Crippen molar-refractivity contribution >= 4 is 40.3 Å². The zero-order chi connectivity index (χ0) is 29.4.